The lowest BCUT2D eigenvalue weighted by Gasteiger charge is -2.23. The summed E-state index contributed by atoms with van der Waals surface area (Å²) < 4.78 is 46.4. The van der Waals surface area contributed by atoms with Gasteiger partial charge in [0.25, 0.3) is 0 Å². The Bertz CT molecular complexity index is 1680. The molecule has 0 saturated carbocycles. The molecule has 4 aromatic rings. The van der Waals surface area contributed by atoms with E-state index in [1.807, 2.05) is 12.1 Å². The minimum Gasteiger partial charge on any atom is -0.494 e. The number of nitrogens with two attached hydrogens (primary N) is 1. The number of hydrogen-bond acceptors (Lipinski definition) is 10. The average molecular weight is 676 g/mol. The third-order valence-electron chi connectivity index (χ3n) is 6.27. The van der Waals surface area contributed by atoms with E-state index in [0.717, 1.165) is 28.9 Å². The summed E-state index contributed by atoms with van der Waals surface area (Å²) in [5.41, 5.74) is 9.59. The van der Waals surface area contributed by atoms with Gasteiger partial charge in [0.05, 0.1) is 28.3 Å². The fourth-order valence-electron chi connectivity index (χ4n) is 4.20. The zero-order chi connectivity index (χ0) is 31.3. The monoisotopic (exact) mass is 675 g/mol. The smallest absolute Gasteiger partial charge is 0.408 e. The summed E-state index contributed by atoms with van der Waals surface area (Å²) in [4.78, 5) is 22.0. The predicted molar refractivity (Wildman–Crippen MR) is 173 cm³/mol. The number of nitrogens with one attached hydrogen (secondary N) is 3. The second-order valence-electron chi connectivity index (χ2n) is 9.44. The van der Waals surface area contributed by atoms with Gasteiger partial charge in [-0.15, -0.1) is 0 Å². The number of ether oxygens (including phenoxy) is 1. The number of aliphatic imine (C=N–C) groups is 1. The Morgan fingerprint density at radius 3 is 2.49 bits per heavy atom. The first-order valence-electron chi connectivity index (χ1n) is 12.8. The largest absolute Gasteiger partial charge is 0.494 e. The molecule has 15 heteroatoms. The van der Waals surface area contributed by atoms with Gasteiger partial charge in [0.1, 0.15) is 17.6 Å². The second-order valence-corrected chi connectivity index (χ2v) is 12.5. The molecule has 0 aliphatic heterocycles. The summed E-state index contributed by atoms with van der Waals surface area (Å²) in [6.07, 6.45) is 3.15. The number of alkyl halides is 3. The molecule has 0 bridgehead atoms. The van der Waals surface area contributed by atoms with E-state index in [2.05, 4.69) is 70.1 Å². The summed E-state index contributed by atoms with van der Waals surface area (Å²) in [6, 6.07) is 5.05. The highest BCUT2D eigenvalue weighted by atomic mass is 79.9. The Morgan fingerprint density at radius 2 is 1.84 bits per heavy atom. The van der Waals surface area contributed by atoms with Crippen molar-refractivity contribution in [1.29, 1.82) is 0 Å². The number of allylic oxidation sites excluding steroid dienone is 1. The van der Waals surface area contributed by atoms with Gasteiger partial charge in [-0.1, -0.05) is 7.92 Å². The van der Waals surface area contributed by atoms with Crippen molar-refractivity contribution in [2.24, 2.45) is 10.7 Å². The van der Waals surface area contributed by atoms with Gasteiger partial charge in [-0.3, -0.25) is 15.0 Å². The van der Waals surface area contributed by atoms with Crippen LogP contribution in [-0.4, -0.2) is 65.9 Å². The molecule has 2 heterocycles. The van der Waals surface area contributed by atoms with E-state index in [4.69, 9.17) is 10.5 Å². The van der Waals surface area contributed by atoms with E-state index < -0.39 is 20.1 Å². The van der Waals surface area contributed by atoms with Gasteiger partial charge in [-0.05, 0) is 54.4 Å². The van der Waals surface area contributed by atoms with Crippen LogP contribution < -0.4 is 31.7 Å². The predicted octanol–water partition coefficient (Wildman–Crippen LogP) is 6.41. The Morgan fingerprint density at radius 1 is 1.09 bits per heavy atom. The third kappa shape index (κ3) is 7.31. The van der Waals surface area contributed by atoms with E-state index in [-0.39, 0.29) is 17.4 Å². The maximum atomic E-state index is 13.4. The van der Waals surface area contributed by atoms with Gasteiger partial charge in [0, 0.05) is 71.9 Å². The number of hydrogen-bond donors (Lipinski definition) is 4. The molecule has 0 aliphatic rings. The van der Waals surface area contributed by atoms with Gasteiger partial charge in [0.15, 0.2) is 0 Å². The van der Waals surface area contributed by atoms with Crippen LogP contribution in [0.4, 0.5) is 42.0 Å². The van der Waals surface area contributed by atoms with Crippen LogP contribution >= 0.6 is 23.9 Å². The Kier molecular flexibility index (Phi) is 10.0. The zero-order valence-corrected chi connectivity index (χ0v) is 26.4. The lowest BCUT2D eigenvalue weighted by Crippen LogP contribution is -2.33. The number of aromatic nitrogens is 4. The number of halogens is 4. The van der Waals surface area contributed by atoms with Crippen LogP contribution in [0.5, 0.6) is 5.75 Å². The van der Waals surface area contributed by atoms with Gasteiger partial charge >= 0.3 is 6.18 Å². The summed E-state index contributed by atoms with van der Waals surface area (Å²) in [5, 5.41) is 10.1. The van der Waals surface area contributed by atoms with Crippen LogP contribution in [0.25, 0.3) is 16.6 Å². The lowest BCUT2D eigenvalue weighted by molar-refractivity contribution is -0.138. The van der Waals surface area contributed by atoms with Crippen LogP contribution in [0.1, 0.15) is 12.5 Å². The van der Waals surface area contributed by atoms with Crippen molar-refractivity contribution in [2.75, 3.05) is 43.4 Å². The molecule has 2 aromatic heterocycles. The molecule has 0 spiro atoms. The number of anilines is 5. The van der Waals surface area contributed by atoms with Crippen molar-refractivity contribution in [2.45, 2.75) is 19.1 Å². The van der Waals surface area contributed by atoms with E-state index in [1.54, 1.807) is 24.7 Å². The van der Waals surface area contributed by atoms with E-state index in [1.165, 1.54) is 32.6 Å². The fraction of sp³-hybridized carbons (Fsp3) is 0.250. The lowest BCUT2D eigenvalue weighted by atomic mass is 10.0. The molecule has 2 aromatic carbocycles. The number of benzene rings is 2. The normalized spacial score (nSPS) is 13.0. The topological polar surface area (TPSA) is 135 Å². The number of methoxy groups -OCH3 is 1. The quantitative estimate of drug-likeness (QED) is 0.111. The molecule has 0 aliphatic carbocycles. The number of fused-ring (bicyclic) bond motifs is 1. The second kappa shape index (κ2) is 13.5. The Balaban J connectivity index is 1.75. The maximum absolute atomic E-state index is 13.4. The number of rotatable bonds is 10. The zero-order valence-electron chi connectivity index (χ0n) is 24.0. The molecule has 4 rings (SSSR count). The minimum atomic E-state index is -4.48. The van der Waals surface area contributed by atoms with Crippen LogP contribution in [0, 0.1) is 0 Å². The summed E-state index contributed by atoms with van der Waals surface area (Å²) in [7, 11) is 2.39. The average Bonchev–Trinajstić information content (AvgIpc) is 2.97. The van der Waals surface area contributed by atoms with E-state index in [0.29, 0.717) is 27.1 Å². The first-order chi connectivity index (χ1) is 20.5. The highest BCUT2D eigenvalue weighted by Crippen LogP contribution is 2.38. The molecule has 0 saturated heterocycles. The highest BCUT2D eigenvalue weighted by molar-refractivity contribution is 9.10. The molecule has 226 valence electrons. The van der Waals surface area contributed by atoms with Gasteiger partial charge < -0.3 is 26.4 Å². The van der Waals surface area contributed by atoms with Crippen molar-refractivity contribution >= 4 is 80.8 Å². The molecular formula is C28H30BrF3N9OP. The Labute approximate surface area is 256 Å². The summed E-state index contributed by atoms with van der Waals surface area (Å²) in [6.45, 7) is 5.30. The Hall–Kier alpha value is -4.03. The standard InChI is InChI=1S/C28H30BrF3N9OP/c1-15(28(30,31)32)38-21-11-23(42-3)22(10-17(21)16(12-33)13-34-2)40-27-37-14-18(29)26(41-27)39-20-7-6-19-24(25(20)43(4)5)36-9-8-35-19/h6-15,38H,33H2,1-5H3,(H2,37,39,40,41). The van der Waals surface area contributed by atoms with Gasteiger partial charge in [0.2, 0.25) is 5.95 Å². The van der Waals surface area contributed by atoms with Gasteiger partial charge in [-0.25, -0.2) is 4.98 Å². The summed E-state index contributed by atoms with van der Waals surface area (Å²) in [5.74, 6) is 0.944. The molecule has 43 heavy (non-hydrogen) atoms. The van der Waals surface area contributed by atoms with Crippen molar-refractivity contribution in [3.8, 4) is 5.75 Å². The van der Waals surface area contributed by atoms with E-state index in [9.17, 15) is 13.2 Å². The van der Waals surface area contributed by atoms with Crippen LogP contribution in [0.15, 0.2) is 58.5 Å². The molecule has 0 radical (unpaired) electrons. The van der Waals surface area contributed by atoms with E-state index >= 15 is 0 Å². The molecule has 0 fully saturated rings. The molecule has 1 atom stereocenters. The number of nitrogens with zero attached hydrogens (tertiary/aromatic N) is 5. The van der Waals surface area contributed by atoms with Crippen molar-refractivity contribution in [3.05, 3.63) is 59.1 Å². The molecular weight excluding hydrogens is 646 g/mol. The van der Waals surface area contributed by atoms with Crippen molar-refractivity contribution < 1.29 is 17.9 Å². The van der Waals surface area contributed by atoms with Crippen LogP contribution in [-0.2, 0) is 0 Å². The molecule has 1 unspecified atom stereocenters. The van der Waals surface area contributed by atoms with Gasteiger partial charge in [-0.2, -0.15) is 18.2 Å². The summed E-state index contributed by atoms with van der Waals surface area (Å²) >= 11 is 3.52. The van der Waals surface area contributed by atoms with Crippen molar-refractivity contribution in [3.63, 3.8) is 0 Å². The minimum absolute atomic E-state index is 0.158. The SMILES string of the molecule is CN=CC(=CN)c1cc(Nc2ncc(Br)c(Nc3ccc4nccnc4c3P(C)C)n2)c(OC)cc1NC(C)C(F)(F)F. The van der Waals surface area contributed by atoms with Crippen molar-refractivity contribution in [1.82, 2.24) is 19.9 Å². The fourth-order valence-corrected chi connectivity index (χ4v) is 5.70. The highest BCUT2D eigenvalue weighted by Gasteiger charge is 2.36. The molecule has 5 N–H and O–H groups in total. The third-order valence-corrected chi connectivity index (χ3v) is 8.19. The van der Waals surface area contributed by atoms with Crippen LogP contribution in [0.2, 0.25) is 0 Å². The maximum Gasteiger partial charge on any atom is 0.408 e. The molecule has 10 nitrogen and oxygen atoms in total. The first kappa shape index (κ1) is 31.9. The van der Waals surface area contributed by atoms with Crippen LogP contribution in [0.3, 0.4) is 0 Å². The molecule has 0 amide bonds. The first-order valence-corrected chi connectivity index (χ1v) is 15.9.